The third kappa shape index (κ3) is 5.73. The number of carbonyl (C=O) groups is 2. The molecule has 1 aromatic rings. The van der Waals surface area contributed by atoms with Crippen molar-refractivity contribution in [3.8, 4) is 11.5 Å². The Hall–Kier alpha value is -2.08. The molecule has 0 spiro atoms. The quantitative estimate of drug-likeness (QED) is 0.501. The van der Waals surface area contributed by atoms with E-state index in [-0.39, 0.29) is 13.2 Å². The summed E-state index contributed by atoms with van der Waals surface area (Å²) in [6.45, 7) is 2.52. The highest BCUT2D eigenvalue weighted by Crippen LogP contribution is 2.18. The third-order valence-electron chi connectivity index (χ3n) is 3.16. The fraction of sp³-hybridized carbons (Fsp3) is 0.500. The van der Waals surface area contributed by atoms with E-state index in [2.05, 4.69) is 10.6 Å². The van der Waals surface area contributed by atoms with Crippen LogP contribution in [-0.2, 0) is 9.59 Å². The largest absolute Gasteiger partial charge is 0.497 e. The molecule has 1 rings (SSSR count). The van der Waals surface area contributed by atoms with Crippen molar-refractivity contribution in [2.45, 2.75) is 25.8 Å². The Bertz CT molecular complexity index is 491. The lowest BCUT2D eigenvalue weighted by Crippen LogP contribution is -2.44. The highest BCUT2D eigenvalue weighted by Gasteiger charge is 2.22. The summed E-state index contributed by atoms with van der Waals surface area (Å²) in [6.07, 6.45) is 1.48. The van der Waals surface area contributed by atoms with Crippen molar-refractivity contribution in [3.63, 3.8) is 0 Å². The van der Waals surface area contributed by atoms with Gasteiger partial charge < -0.3 is 20.1 Å². The van der Waals surface area contributed by atoms with Crippen molar-refractivity contribution in [1.82, 2.24) is 10.6 Å². The molecule has 1 atom stereocenters. The number of rotatable bonds is 10. The average molecular weight is 308 g/mol. The molecule has 0 aliphatic carbocycles. The molecular weight excluding hydrogens is 284 g/mol. The van der Waals surface area contributed by atoms with Gasteiger partial charge in [-0.2, -0.15) is 0 Å². The maximum atomic E-state index is 11.9. The number of benzene rings is 1. The number of ether oxygens (including phenoxy) is 2. The van der Waals surface area contributed by atoms with E-state index in [1.54, 1.807) is 26.3 Å². The van der Waals surface area contributed by atoms with E-state index < -0.39 is 17.7 Å². The Kier molecular flexibility index (Phi) is 7.99. The van der Waals surface area contributed by atoms with E-state index in [9.17, 15) is 9.59 Å². The minimum atomic E-state index is -0.581. The zero-order chi connectivity index (χ0) is 16.4. The number of ketones is 1. The minimum Gasteiger partial charge on any atom is -0.497 e. The van der Waals surface area contributed by atoms with Crippen LogP contribution in [0.4, 0.5) is 0 Å². The van der Waals surface area contributed by atoms with Crippen molar-refractivity contribution in [2.24, 2.45) is 0 Å². The number of hydrogen-bond acceptors (Lipinski definition) is 5. The van der Waals surface area contributed by atoms with E-state index in [1.807, 2.05) is 19.1 Å². The maximum absolute atomic E-state index is 11.9. The molecule has 0 aliphatic rings. The molecule has 122 valence electrons. The van der Waals surface area contributed by atoms with Crippen LogP contribution in [0, 0.1) is 0 Å². The maximum Gasteiger partial charge on any atom is 0.289 e. The van der Waals surface area contributed by atoms with Crippen molar-refractivity contribution in [3.05, 3.63) is 24.3 Å². The van der Waals surface area contributed by atoms with E-state index in [4.69, 9.17) is 9.47 Å². The van der Waals surface area contributed by atoms with Gasteiger partial charge in [-0.15, -0.1) is 0 Å². The zero-order valence-corrected chi connectivity index (χ0v) is 13.3. The number of amides is 1. The summed E-state index contributed by atoms with van der Waals surface area (Å²) < 4.78 is 10.6. The van der Waals surface area contributed by atoms with E-state index in [1.165, 1.54) is 0 Å². The van der Waals surface area contributed by atoms with E-state index >= 15 is 0 Å². The molecule has 2 N–H and O–H groups in total. The number of methoxy groups -OCH3 is 1. The van der Waals surface area contributed by atoms with Gasteiger partial charge in [-0.25, -0.2) is 0 Å². The van der Waals surface area contributed by atoms with Crippen LogP contribution < -0.4 is 20.1 Å². The molecule has 6 nitrogen and oxygen atoms in total. The monoisotopic (exact) mass is 308 g/mol. The van der Waals surface area contributed by atoms with Gasteiger partial charge in [0.05, 0.1) is 19.7 Å². The van der Waals surface area contributed by atoms with Crippen LogP contribution in [0.15, 0.2) is 24.3 Å². The molecule has 0 saturated heterocycles. The van der Waals surface area contributed by atoms with Crippen molar-refractivity contribution in [2.75, 3.05) is 27.3 Å². The van der Waals surface area contributed by atoms with Gasteiger partial charge in [0.1, 0.15) is 18.1 Å². The number of nitrogens with one attached hydrogen (secondary N) is 2. The van der Waals surface area contributed by atoms with Crippen LogP contribution in [0.5, 0.6) is 11.5 Å². The molecule has 1 amide bonds. The Labute approximate surface area is 131 Å². The Morgan fingerprint density at radius 1 is 1.27 bits per heavy atom. The smallest absolute Gasteiger partial charge is 0.289 e. The van der Waals surface area contributed by atoms with Gasteiger partial charge >= 0.3 is 0 Å². The first-order valence-corrected chi connectivity index (χ1v) is 7.38. The highest BCUT2D eigenvalue weighted by atomic mass is 16.5. The van der Waals surface area contributed by atoms with Crippen molar-refractivity contribution in [1.29, 1.82) is 0 Å². The lowest BCUT2D eigenvalue weighted by Gasteiger charge is -2.13. The number of hydrogen-bond donors (Lipinski definition) is 2. The Morgan fingerprint density at radius 3 is 2.64 bits per heavy atom. The molecule has 1 unspecified atom stereocenters. The van der Waals surface area contributed by atoms with Gasteiger partial charge in [-0.1, -0.05) is 19.4 Å². The van der Waals surface area contributed by atoms with Crippen LogP contribution in [0.3, 0.4) is 0 Å². The highest BCUT2D eigenvalue weighted by molar-refractivity contribution is 6.38. The lowest BCUT2D eigenvalue weighted by molar-refractivity contribution is -0.139. The first kappa shape index (κ1) is 18.0. The lowest BCUT2D eigenvalue weighted by atomic mass is 10.1. The predicted molar refractivity (Wildman–Crippen MR) is 84.3 cm³/mol. The summed E-state index contributed by atoms with van der Waals surface area (Å²) >= 11 is 0. The second-order valence-electron chi connectivity index (χ2n) is 4.78. The third-order valence-corrected chi connectivity index (χ3v) is 3.16. The van der Waals surface area contributed by atoms with Gasteiger partial charge in [0, 0.05) is 6.07 Å². The first-order valence-electron chi connectivity index (χ1n) is 7.38. The Morgan fingerprint density at radius 2 is 2.00 bits per heavy atom. The summed E-state index contributed by atoms with van der Waals surface area (Å²) in [4.78, 5) is 23.6. The normalized spacial score (nSPS) is 11.6. The Balaban J connectivity index is 2.34. The number of carbonyl (C=O) groups excluding carboxylic acids is 2. The molecule has 0 aromatic heterocycles. The summed E-state index contributed by atoms with van der Waals surface area (Å²) in [5, 5.41) is 5.43. The number of likely N-dealkylation sites (N-methyl/N-ethyl adjacent to an activating group) is 1. The SMILES string of the molecule is CCCC(NC)C(=O)C(=O)NCCOc1cccc(OC)c1. The molecule has 0 bridgehead atoms. The average Bonchev–Trinajstić information content (AvgIpc) is 2.55. The van der Waals surface area contributed by atoms with Gasteiger partial charge in [-0.05, 0) is 25.6 Å². The van der Waals surface area contributed by atoms with Crippen molar-refractivity contribution >= 4 is 11.7 Å². The van der Waals surface area contributed by atoms with Crippen LogP contribution in [0.25, 0.3) is 0 Å². The van der Waals surface area contributed by atoms with Crippen LogP contribution in [0.2, 0.25) is 0 Å². The zero-order valence-electron chi connectivity index (χ0n) is 13.3. The molecule has 22 heavy (non-hydrogen) atoms. The second kappa shape index (κ2) is 9.78. The first-order chi connectivity index (χ1) is 10.6. The summed E-state index contributed by atoms with van der Waals surface area (Å²) in [5.41, 5.74) is 0. The molecule has 0 saturated carbocycles. The standard InChI is InChI=1S/C16H24N2O4/c1-4-6-14(17-2)15(19)16(20)18-9-10-22-13-8-5-7-12(11-13)21-3/h5,7-8,11,14,17H,4,6,9-10H2,1-3H3,(H,18,20). The fourth-order valence-electron chi connectivity index (χ4n) is 1.96. The molecule has 0 fully saturated rings. The minimum absolute atomic E-state index is 0.268. The topological polar surface area (TPSA) is 76.7 Å². The van der Waals surface area contributed by atoms with Crippen LogP contribution in [-0.4, -0.2) is 45.0 Å². The summed E-state index contributed by atoms with van der Waals surface area (Å²) in [5.74, 6) is 0.333. The molecule has 6 heteroatoms. The molecular formula is C16H24N2O4. The van der Waals surface area contributed by atoms with Crippen LogP contribution >= 0.6 is 0 Å². The molecule has 0 radical (unpaired) electrons. The van der Waals surface area contributed by atoms with E-state index in [0.29, 0.717) is 17.9 Å². The molecule has 1 aromatic carbocycles. The van der Waals surface area contributed by atoms with Crippen LogP contribution in [0.1, 0.15) is 19.8 Å². The van der Waals surface area contributed by atoms with Gasteiger partial charge in [-0.3, -0.25) is 9.59 Å². The summed E-state index contributed by atoms with van der Waals surface area (Å²) in [6, 6.07) is 6.76. The van der Waals surface area contributed by atoms with Crippen molar-refractivity contribution < 1.29 is 19.1 Å². The fourth-order valence-corrected chi connectivity index (χ4v) is 1.96. The summed E-state index contributed by atoms with van der Waals surface area (Å²) in [7, 11) is 3.26. The van der Waals surface area contributed by atoms with Gasteiger partial charge in [0.2, 0.25) is 5.78 Å². The van der Waals surface area contributed by atoms with Gasteiger partial charge in [0.25, 0.3) is 5.91 Å². The van der Waals surface area contributed by atoms with Gasteiger partial charge in [0.15, 0.2) is 0 Å². The molecule has 0 aliphatic heterocycles. The number of Topliss-reactive ketones (excluding diaryl/α,β-unsaturated/α-hetero) is 1. The predicted octanol–water partition coefficient (Wildman–Crippen LogP) is 1.15. The van der Waals surface area contributed by atoms with E-state index in [0.717, 1.165) is 6.42 Å². The second-order valence-corrected chi connectivity index (χ2v) is 4.78. The molecule has 0 heterocycles.